The molecule has 1 aromatic heterocycles. The molecule has 1 heterocycles. The van der Waals surface area contributed by atoms with E-state index in [1.165, 1.54) is 0 Å². The molecule has 112 valence electrons. The van der Waals surface area contributed by atoms with E-state index in [9.17, 15) is 4.79 Å². The molecule has 0 aliphatic rings. The van der Waals surface area contributed by atoms with Gasteiger partial charge in [0, 0.05) is 12.6 Å². The summed E-state index contributed by atoms with van der Waals surface area (Å²) in [4.78, 5) is 12.1. The smallest absolute Gasteiger partial charge is 0.229 e. The van der Waals surface area contributed by atoms with Crippen LogP contribution in [0.3, 0.4) is 0 Å². The van der Waals surface area contributed by atoms with E-state index < -0.39 is 0 Å². The molecule has 0 fully saturated rings. The third kappa shape index (κ3) is 4.34. The molecule has 2 aromatic rings. The summed E-state index contributed by atoms with van der Waals surface area (Å²) in [6, 6.07) is 9.33. The lowest BCUT2D eigenvalue weighted by Crippen LogP contribution is -2.18. The molecule has 2 rings (SSSR count). The van der Waals surface area contributed by atoms with Gasteiger partial charge in [0.25, 0.3) is 0 Å². The summed E-state index contributed by atoms with van der Waals surface area (Å²) in [5.41, 5.74) is 0.918. The van der Waals surface area contributed by atoms with Crippen molar-refractivity contribution in [1.82, 2.24) is 9.78 Å². The number of amides is 1. The quantitative estimate of drug-likeness (QED) is 0.888. The second kappa shape index (κ2) is 6.92. The van der Waals surface area contributed by atoms with Crippen LogP contribution < -0.4 is 10.1 Å². The van der Waals surface area contributed by atoms with Gasteiger partial charge < -0.3 is 10.1 Å². The molecule has 0 saturated carbocycles. The van der Waals surface area contributed by atoms with Gasteiger partial charge in [-0.05, 0) is 23.6 Å². The summed E-state index contributed by atoms with van der Waals surface area (Å²) < 4.78 is 6.97. The van der Waals surface area contributed by atoms with E-state index in [-0.39, 0.29) is 5.91 Å². The number of ether oxygens (including phenoxy) is 1. The molecule has 1 amide bonds. The minimum atomic E-state index is -0.0613. The number of anilines is 1. The van der Waals surface area contributed by atoms with E-state index in [0.29, 0.717) is 12.3 Å². The summed E-state index contributed by atoms with van der Waals surface area (Å²) >= 11 is 0. The highest BCUT2D eigenvalue weighted by atomic mass is 16.5. The molecule has 1 aromatic carbocycles. The topological polar surface area (TPSA) is 56.1 Å². The molecule has 0 spiro atoms. The van der Waals surface area contributed by atoms with E-state index in [2.05, 4.69) is 24.3 Å². The Morgan fingerprint density at radius 2 is 2.19 bits per heavy atom. The zero-order valence-electron chi connectivity index (χ0n) is 12.7. The van der Waals surface area contributed by atoms with E-state index in [1.54, 1.807) is 13.3 Å². The highest BCUT2D eigenvalue weighted by Gasteiger charge is 2.09. The van der Waals surface area contributed by atoms with E-state index in [0.717, 1.165) is 23.7 Å². The normalized spacial score (nSPS) is 10.7. The first-order chi connectivity index (χ1) is 10.1. The number of hydrogen-bond acceptors (Lipinski definition) is 3. The van der Waals surface area contributed by atoms with Crippen molar-refractivity contribution < 1.29 is 9.53 Å². The lowest BCUT2D eigenvalue weighted by Gasteiger charge is -2.11. The zero-order chi connectivity index (χ0) is 15.2. The maximum absolute atomic E-state index is 12.1. The average molecular weight is 287 g/mol. The van der Waals surface area contributed by atoms with Crippen LogP contribution in [0.4, 0.5) is 5.82 Å². The lowest BCUT2D eigenvalue weighted by molar-refractivity contribution is -0.115. The third-order valence-electron chi connectivity index (χ3n) is 3.02. The lowest BCUT2D eigenvalue weighted by atomic mass is 10.1. The summed E-state index contributed by atoms with van der Waals surface area (Å²) in [6.45, 7) is 5.01. The number of benzene rings is 1. The van der Waals surface area contributed by atoms with Gasteiger partial charge in [-0.2, -0.15) is 5.10 Å². The molecule has 5 heteroatoms. The summed E-state index contributed by atoms with van der Waals surface area (Å²) in [7, 11) is 1.61. The highest BCUT2D eigenvalue weighted by molar-refractivity contribution is 5.91. The summed E-state index contributed by atoms with van der Waals surface area (Å²) in [6.07, 6.45) is 2.01. The first-order valence-corrected chi connectivity index (χ1v) is 7.03. The van der Waals surface area contributed by atoms with Crippen LogP contribution in [-0.4, -0.2) is 22.8 Å². The molecule has 0 unspecified atom stereocenters. The number of carbonyl (C=O) groups excluding carboxylic acids is 1. The fourth-order valence-corrected chi connectivity index (χ4v) is 2.09. The Balaban J connectivity index is 2.00. The van der Waals surface area contributed by atoms with Gasteiger partial charge in [-0.1, -0.05) is 26.0 Å². The van der Waals surface area contributed by atoms with Crippen molar-refractivity contribution in [2.24, 2.45) is 5.92 Å². The van der Waals surface area contributed by atoms with E-state index in [4.69, 9.17) is 4.74 Å². The summed E-state index contributed by atoms with van der Waals surface area (Å²) in [5.74, 6) is 1.90. The maximum Gasteiger partial charge on any atom is 0.229 e. The zero-order valence-corrected chi connectivity index (χ0v) is 12.7. The highest BCUT2D eigenvalue weighted by Crippen LogP contribution is 2.14. The van der Waals surface area contributed by atoms with Crippen LogP contribution in [0.1, 0.15) is 19.4 Å². The maximum atomic E-state index is 12.1. The van der Waals surface area contributed by atoms with Crippen LogP contribution in [0.5, 0.6) is 5.75 Å². The Hall–Kier alpha value is -2.30. The van der Waals surface area contributed by atoms with Gasteiger partial charge in [-0.25, -0.2) is 4.68 Å². The van der Waals surface area contributed by atoms with Crippen molar-refractivity contribution in [1.29, 1.82) is 0 Å². The van der Waals surface area contributed by atoms with Gasteiger partial charge in [0.05, 0.1) is 19.7 Å². The van der Waals surface area contributed by atoms with Crippen LogP contribution >= 0.6 is 0 Å². The van der Waals surface area contributed by atoms with Crippen LogP contribution in [-0.2, 0) is 17.8 Å². The Morgan fingerprint density at radius 3 is 2.90 bits per heavy atom. The van der Waals surface area contributed by atoms with Crippen LogP contribution in [0.25, 0.3) is 0 Å². The molecular formula is C16H21N3O2. The van der Waals surface area contributed by atoms with Crippen molar-refractivity contribution in [3.63, 3.8) is 0 Å². The Morgan fingerprint density at radius 1 is 1.38 bits per heavy atom. The number of methoxy groups -OCH3 is 1. The minimum Gasteiger partial charge on any atom is -0.497 e. The largest absolute Gasteiger partial charge is 0.497 e. The van der Waals surface area contributed by atoms with Crippen LogP contribution in [0.2, 0.25) is 0 Å². The predicted molar refractivity (Wildman–Crippen MR) is 82.4 cm³/mol. The molecule has 0 atom stereocenters. The summed E-state index contributed by atoms with van der Waals surface area (Å²) in [5, 5.41) is 7.13. The molecule has 21 heavy (non-hydrogen) atoms. The van der Waals surface area contributed by atoms with E-state index in [1.807, 2.05) is 35.0 Å². The fourth-order valence-electron chi connectivity index (χ4n) is 2.09. The molecule has 0 aliphatic carbocycles. The molecular weight excluding hydrogens is 266 g/mol. The standard InChI is InChI=1S/C16H21N3O2/c1-12(2)11-19-15(7-8-17-19)18-16(20)10-13-5-4-6-14(9-13)21-3/h4-9,12H,10-11H2,1-3H3,(H,18,20). The van der Waals surface area contributed by atoms with Crippen molar-refractivity contribution in [2.45, 2.75) is 26.8 Å². The second-order valence-electron chi connectivity index (χ2n) is 5.37. The SMILES string of the molecule is COc1cccc(CC(=O)Nc2ccnn2CC(C)C)c1. The number of carbonyl (C=O) groups is 1. The van der Waals surface area contributed by atoms with Gasteiger partial charge in [-0.15, -0.1) is 0 Å². The van der Waals surface area contributed by atoms with Crippen molar-refractivity contribution >= 4 is 11.7 Å². The number of aromatic nitrogens is 2. The molecule has 0 aliphatic heterocycles. The van der Waals surface area contributed by atoms with Crippen molar-refractivity contribution in [2.75, 3.05) is 12.4 Å². The number of rotatable bonds is 6. The molecule has 1 N–H and O–H groups in total. The number of nitrogens with zero attached hydrogens (tertiary/aromatic N) is 2. The number of hydrogen-bond donors (Lipinski definition) is 1. The monoisotopic (exact) mass is 287 g/mol. The van der Waals surface area contributed by atoms with Gasteiger partial charge >= 0.3 is 0 Å². The molecule has 0 saturated heterocycles. The Labute approximate surface area is 124 Å². The molecule has 5 nitrogen and oxygen atoms in total. The van der Waals surface area contributed by atoms with Crippen molar-refractivity contribution in [3.05, 3.63) is 42.1 Å². The minimum absolute atomic E-state index is 0.0613. The second-order valence-corrected chi connectivity index (χ2v) is 5.37. The Bertz CT molecular complexity index is 605. The van der Waals surface area contributed by atoms with E-state index >= 15 is 0 Å². The first-order valence-electron chi connectivity index (χ1n) is 7.03. The fraction of sp³-hybridized carbons (Fsp3) is 0.375. The van der Waals surface area contributed by atoms with Crippen LogP contribution in [0.15, 0.2) is 36.5 Å². The molecule has 0 bridgehead atoms. The average Bonchev–Trinajstić information content (AvgIpc) is 2.85. The van der Waals surface area contributed by atoms with Gasteiger partial charge in [0.1, 0.15) is 11.6 Å². The predicted octanol–water partition coefficient (Wildman–Crippen LogP) is 2.73. The Kier molecular flexibility index (Phi) is 4.98. The first kappa shape index (κ1) is 15.1. The number of nitrogens with one attached hydrogen (secondary N) is 1. The van der Waals surface area contributed by atoms with Crippen molar-refractivity contribution in [3.8, 4) is 5.75 Å². The van der Waals surface area contributed by atoms with Gasteiger partial charge in [0.15, 0.2) is 0 Å². The van der Waals surface area contributed by atoms with Gasteiger partial charge in [-0.3, -0.25) is 4.79 Å². The third-order valence-corrected chi connectivity index (χ3v) is 3.02. The van der Waals surface area contributed by atoms with Gasteiger partial charge in [0.2, 0.25) is 5.91 Å². The van der Waals surface area contributed by atoms with Crippen LogP contribution in [0, 0.1) is 5.92 Å². The molecule has 0 radical (unpaired) electrons.